The summed E-state index contributed by atoms with van der Waals surface area (Å²) in [5, 5.41) is 8.85. The van der Waals surface area contributed by atoms with Crippen molar-refractivity contribution in [2.75, 3.05) is 13.6 Å². The Morgan fingerprint density at radius 1 is 1.33 bits per heavy atom. The van der Waals surface area contributed by atoms with Gasteiger partial charge in [0.2, 0.25) is 10.0 Å². The summed E-state index contributed by atoms with van der Waals surface area (Å²) in [5.41, 5.74) is 0.452. The highest BCUT2D eigenvalue weighted by atomic mass is 32.2. The fourth-order valence-electron chi connectivity index (χ4n) is 1.91. The van der Waals surface area contributed by atoms with Crippen molar-refractivity contribution in [1.82, 2.24) is 14.3 Å². The molecule has 0 aliphatic rings. The van der Waals surface area contributed by atoms with Crippen molar-refractivity contribution >= 4 is 27.0 Å². The molecule has 0 saturated carbocycles. The summed E-state index contributed by atoms with van der Waals surface area (Å²) < 4.78 is 25.7. The number of benzene rings is 1. The number of carboxylic acid groups (broad SMARTS) is 1. The standard InChI is InChI=1S/C12H15N3O5S/c1-7(11(16)17)6-15(2)21(19,20)8-3-4-9-10(5-8)14-12(18)13-9/h3-5,7H,6H2,1-2H3,(H,16,17)(H2,13,14,18). The summed E-state index contributed by atoms with van der Waals surface area (Å²) in [7, 11) is -2.50. The number of H-pyrrole nitrogens is 2. The lowest BCUT2D eigenvalue weighted by molar-refractivity contribution is -0.141. The van der Waals surface area contributed by atoms with Gasteiger partial charge in [0.05, 0.1) is 21.8 Å². The zero-order chi connectivity index (χ0) is 15.8. The SMILES string of the molecule is CC(CN(C)S(=O)(=O)c1ccc2[nH]c(=O)[nH]c2c1)C(=O)O. The molecular formula is C12H15N3O5S. The summed E-state index contributed by atoms with van der Waals surface area (Å²) in [4.78, 5) is 27.0. The van der Waals surface area contributed by atoms with Gasteiger partial charge in [0, 0.05) is 13.6 Å². The second-order valence-corrected chi connectivity index (χ2v) is 6.86. The Labute approximate surface area is 120 Å². The Morgan fingerprint density at radius 3 is 2.57 bits per heavy atom. The fourth-order valence-corrected chi connectivity index (χ4v) is 3.20. The van der Waals surface area contributed by atoms with Crippen LogP contribution in [-0.4, -0.2) is 47.4 Å². The van der Waals surface area contributed by atoms with E-state index in [1.807, 2.05) is 0 Å². The minimum absolute atomic E-state index is 0.00895. The third kappa shape index (κ3) is 2.98. The summed E-state index contributed by atoms with van der Waals surface area (Å²) in [5.74, 6) is -1.89. The number of aromatic amines is 2. The Kier molecular flexibility index (Phi) is 3.88. The number of carbonyl (C=O) groups is 1. The van der Waals surface area contributed by atoms with E-state index in [1.165, 1.54) is 32.2 Å². The van der Waals surface area contributed by atoms with Crippen molar-refractivity contribution in [2.45, 2.75) is 11.8 Å². The molecule has 3 N–H and O–H groups in total. The van der Waals surface area contributed by atoms with Gasteiger partial charge in [0.15, 0.2) is 0 Å². The second kappa shape index (κ2) is 5.34. The summed E-state index contributed by atoms with van der Waals surface area (Å²) in [6.45, 7) is 1.29. The normalized spacial score (nSPS) is 13.7. The van der Waals surface area contributed by atoms with E-state index in [2.05, 4.69) is 9.97 Å². The van der Waals surface area contributed by atoms with Crippen LogP contribution in [0.1, 0.15) is 6.92 Å². The lowest BCUT2D eigenvalue weighted by atomic mass is 10.2. The van der Waals surface area contributed by atoms with Crippen molar-refractivity contribution in [2.24, 2.45) is 5.92 Å². The lowest BCUT2D eigenvalue weighted by Gasteiger charge is -2.19. The van der Waals surface area contributed by atoms with Crippen LogP contribution < -0.4 is 5.69 Å². The van der Waals surface area contributed by atoms with E-state index >= 15 is 0 Å². The molecule has 1 atom stereocenters. The molecular weight excluding hydrogens is 298 g/mol. The molecule has 1 aromatic heterocycles. The van der Waals surface area contributed by atoms with Gasteiger partial charge in [-0.15, -0.1) is 0 Å². The smallest absolute Gasteiger partial charge is 0.323 e. The topological polar surface area (TPSA) is 123 Å². The molecule has 0 aliphatic heterocycles. The molecule has 2 aromatic rings. The maximum absolute atomic E-state index is 12.4. The number of nitrogens with zero attached hydrogens (tertiary/aromatic N) is 1. The molecule has 1 unspecified atom stereocenters. The maximum Gasteiger partial charge on any atom is 0.323 e. The van der Waals surface area contributed by atoms with Crippen LogP contribution in [0.5, 0.6) is 0 Å². The molecule has 1 heterocycles. The van der Waals surface area contributed by atoms with Crippen molar-refractivity contribution in [3.63, 3.8) is 0 Å². The van der Waals surface area contributed by atoms with E-state index < -0.39 is 27.6 Å². The van der Waals surface area contributed by atoms with Crippen molar-refractivity contribution in [1.29, 1.82) is 0 Å². The van der Waals surface area contributed by atoms with Gasteiger partial charge in [0.25, 0.3) is 0 Å². The number of carboxylic acids is 1. The van der Waals surface area contributed by atoms with E-state index in [9.17, 15) is 18.0 Å². The first-order chi connectivity index (χ1) is 9.71. The molecule has 1 aromatic carbocycles. The van der Waals surface area contributed by atoms with E-state index in [-0.39, 0.29) is 11.4 Å². The van der Waals surface area contributed by atoms with Crippen LogP contribution in [0.3, 0.4) is 0 Å². The molecule has 114 valence electrons. The van der Waals surface area contributed by atoms with Crippen LogP contribution in [0, 0.1) is 5.92 Å². The zero-order valence-electron chi connectivity index (χ0n) is 11.5. The fraction of sp³-hybridized carbons (Fsp3) is 0.333. The van der Waals surface area contributed by atoms with Crippen molar-refractivity contribution < 1.29 is 18.3 Å². The molecule has 0 saturated heterocycles. The van der Waals surface area contributed by atoms with Gasteiger partial charge in [-0.3, -0.25) is 4.79 Å². The molecule has 0 amide bonds. The number of nitrogens with one attached hydrogen (secondary N) is 2. The van der Waals surface area contributed by atoms with Crippen LogP contribution in [0.15, 0.2) is 27.9 Å². The van der Waals surface area contributed by atoms with E-state index in [0.29, 0.717) is 11.0 Å². The lowest BCUT2D eigenvalue weighted by Crippen LogP contribution is -2.33. The van der Waals surface area contributed by atoms with Gasteiger partial charge in [-0.2, -0.15) is 0 Å². The first-order valence-corrected chi connectivity index (χ1v) is 7.57. The Balaban J connectivity index is 2.36. The number of imidazole rings is 1. The zero-order valence-corrected chi connectivity index (χ0v) is 12.3. The number of hydrogen-bond donors (Lipinski definition) is 3. The molecule has 0 spiro atoms. The first kappa shape index (κ1) is 15.3. The van der Waals surface area contributed by atoms with Crippen LogP contribution in [-0.2, 0) is 14.8 Å². The predicted molar refractivity (Wildman–Crippen MR) is 75.5 cm³/mol. The van der Waals surface area contributed by atoms with Crippen molar-refractivity contribution in [3.8, 4) is 0 Å². The largest absolute Gasteiger partial charge is 0.481 e. The molecule has 0 fully saturated rings. The van der Waals surface area contributed by atoms with Gasteiger partial charge in [-0.25, -0.2) is 17.5 Å². The highest BCUT2D eigenvalue weighted by molar-refractivity contribution is 7.89. The second-order valence-electron chi connectivity index (χ2n) is 4.81. The quantitative estimate of drug-likeness (QED) is 0.727. The van der Waals surface area contributed by atoms with Crippen LogP contribution in [0.4, 0.5) is 0 Å². The van der Waals surface area contributed by atoms with E-state index in [0.717, 1.165) is 4.31 Å². The monoisotopic (exact) mass is 313 g/mol. The highest BCUT2D eigenvalue weighted by Gasteiger charge is 2.25. The minimum atomic E-state index is -3.82. The summed E-state index contributed by atoms with van der Waals surface area (Å²) in [6.07, 6.45) is 0. The number of aliphatic carboxylic acids is 1. The van der Waals surface area contributed by atoms with Crippen LogP contribution >= 0.6 is 0 Å². The number of fused-ring (bicyclic) bond motifs is 1. The molecule has 9 heteroatoms. The van der Waals surface area contributed by atoms with Gasteiger partial charge in [-0.1, -0.05) is 6.92 Å². The van der Waals surface area contributed by atoms with Crippen molar-refractivity contribution in [3.05, 3.63) is 28.7 Å². The molecule has 21 heavy (non-hydrogen) atoms. The minimum Gasteiger partial charge on any atom is -0.481 e. The third-order valence-electron chi connectivity index (χ3n) is 3.15. The van der Waals surface area contributed by atoms with E-state index in [1.54, 1.807) is 0 Å². The number of aromatic nitrogens is 2. The molecule has 0 bridgehead atoms. The summed E-state index contributed by atoms with van der Waals surface area (Å²) >= 11 is 0. The molecule has 8 nitrogen and oxygen atoms in total. The third-order valence-corrected chi connectivity index (χ3v) is 4.97. The predicted octanol–water partition coefficient (Wildman–Crippen LogP) is 0.197. The number of rotatable bonds is 5. The van der Waals surface area contributed by atoms with Crippen LogP contribution in [0.2, 0.25) is 0 Å². The van der Waals surface area contributed by atoms with Gasteiger partial charge < -0.3 is 15.1 Å². The van der Waals surface area contributed by atoms with Gasteiger partial charge in [0.1, 0.15) is 0 Å². The molecule has 0 radical (unpaired) electrons. The Bertz CT molecular complexity index is 836. The Hall–Kier alpha value is -2.13. The number of hydrogen-bond acceptors (Lipinski definition) is 4. The van der Waals surface area contributed by atoms with Gasteiger partial charge in [-0.05, 0) is 18.2 Å². The molecule has 0 aliphatic carbocycles. The highest BCUT2D eigenvalue weighted by Crippen LogP contribution is 2.19. The van der Waals surface area contributed by atoms with Crippen LogP contribution in [0.25, 0.3) is 11.0 Å². The Morgan fingerprint density at radius 2 is 1.95 bits per heavy atom. The first-order valence-electron chi connectivity index (χ1n) is 6.13. The molecule has 2 rings (SSSR count). The number of sulfonamides is 1. The summed E-state index contributed by atoms with van der Waals surface area (Å²) in [6, 6.07) is 4.18. The maximum atomic E-state index is 12.4. The average molecular weight is 313 g/mol. The average Bonchev–Trinajstić information content (AvgIpc) is 2.77. The van der Waals surface area contributed by atoms with Gasteiger partial charge >= 0.3 is 11.7 Å². The van der Waals surface area contributed by atoms with E-state index in [4.69, 9.17) is 5.11 Å².